The molecule has 0 saturated carbocycles. The van der Waals surface area contributed by atoms with Gasteiger partial charge in [0.2, 0.25) is 0 Å². The average Bonchev–Trinajstić information content (AvgIpc) is 2.56. The van der Waals surface area contributed by atoms with Crippen LogP contribution in [0, 0.1) is 0 Å². The van der Waals surface area contributed by atoms with Crippen LogP contribution < -0.4 is 5.73 Å². The van der Waals surface area contributed by atoms with Crippen molar-refractivity contribution in [3.8, 4) is 0 Å². The Hall–Kier alpha value is -1.16. The van der Waals surface area contributed by atoms with Crippen molar-refractivity contribution in [1.82, 2.24) is 9.97 Å². The van der Waals surface area contributed by atoms with E-state index in [1.54, 1.807) is 12.3 Å². The Morgan fingerprint density at radius 3 is 3.17 bits per heavy atom. The van der Waals surface area contributed by atoms with Crippen LogP contribution in [-0.2, 0) is 4.74 Å². The lowest BCUT2D eigenvalue weighted by molar-refractivity contribution is 0.193. The highest BCUT2D eigenvalue weighted by molar-refractivity contribution is 5.26. The van der Waals surface area contributed by atoms with E-state index in [2.05, 4.69) is 9.97 Å². The maximum atomic E-state index is 5.53. The molecule has 64 valence electrons. The number of ether oxygens (including phenoxy) is 1. The van der Waals surface area contributed by atoms with Crippen molar-refractivity contribution in [3.05, 3.63) is 18.1 Å². The van der Waals surface area contributed by atoms with Crippen LogP contribution in [0.2, 0.25) is 0 Å². The fraction of sp³-hybridized carbons (Fsp3) is 0.500. The summed E-state index contributed by atoms with van der Waals surface area (Å²) in [5, 5.41) is 0. The second-order valence-electron chi connectivity index (χ2n) is 2.90. The van der Waals surface area contributed by atoms with E-state index in [4.69, 9.17) is 10.5 Å². The van der Waals surface area contributed by atoms with Crippen molar-refractivity contribution >= 4 is 5.82 Å². The molecule has 2 N–H and O–H groups in total. The van der Waals surface area contributed by atoms with Crippen LogP contribution in [0.4, 0.5) is 5.82 Å². The third-order valence-corrected chi connectivity index (χ3v) is 1.99. The Kier molecular flexibility index (Phi) is 1.91. The van der Waals surface area contributed by atoms with E-state index in [9.17, 15) is 0 Å². The summed E-state index contributed by atoms with van der Waals surface area (Å²) in [6, 6.07) is 1.69. The molecule has 0 spiro atoms. The van der Waals surface area contributed by atoms with Gasteiger partial charge in [-0.15, -0.1) is 0 Å². The molecule has 12 heavy (non-hydrogen) atoms. The van der Waals surface area contributed by atoms with Gasteiger partial charge in [-0.3, -0.25) is 0 Å². The van der Waals surface area contributed by atoms with Gasteiger partial charge in [-0.2, -0.15) is 0 Å². The number of nitrogen functional groups attached to an aromatic ring is 1. The molecule has 0 amide bonds. The van der Waals surface area contributed by atoms with Crippen LogP contribution in [0.5, 0.6) is 0 Å². The number of hydrogen-bond donors (Lipinski definition) is 1. The molecular formula is C8H11N3O. The second-order valence-corrected chi connectivity index (χ2v) is 2.90. The third-order valence-electron chi connectivity index (χ3n) is 1.99. The summed E-state index contributed by atoms with van der Waals surface area (Å²) in [5.41, 5.74) is 5.53. The molecule has 1 atom stereocenters. The van der Waals surface area contributed by atoms with Crippen molar-refractivity contribution in [1.29, 1.82) is 0 Å². The summed E-state index contributed by atoms with van der Waals surface area (Å²) < 4.78 is 5.23. The topological polar surface area (TPSA) is 61.0 Å². The molecule has 1 fully saturated rings. The zero-order chi connectivity index (χ0) is 8.39. The zero-order valence-corrected chi connectivity index (χ0v) is 6.73. The van der Waals surface area contributed by atoms with E-state index in [0.29, 0.717) is 11.7 Å². The summed E-state index contributed by atoms with van der Waals surface area (Å²) in [7, 11) is 0. The minimum atomic E-state index is 0.341. The SMILES string of the molecule is Nc1ccnc([C@H]2CCOC2)n1. The molecule has 4 nitrogen and oxygen atoms in total. The number of nitrogens with two attached hydrogens (primary N) is 1. The first-order valence-corrected chi connectivity index (χ1v) is 4.02. The number of aromatic nitrogens is 2. The number of rotatable bonds is 1. The van der Waals surface area contributed by atoms with Gasteiger partial charge in [0.05, 0.1) is 6.61 Å². The summed E-state index contributed by atoms with van der Waals surface area (Å²) >= 11 is 0. The Labute approximate surface area is 70.8 Å². The van der Waals surface area contributed by atoms with Crippen molar-refractivity contribution in [3.63, 3.8) is 0 Å². The highest BCUT2D eigenvalue weighted by Gasteiger charge is 2.20. The lowest BCUT2D eigenvalue weighted by atomic mass is 10.1. The monoisotopic (exact) mass is 165 g/mol. The van der Waals surface area contributed by atoms with Gasteiger partial charge in [-0.1, -0.05) is 0 Å². The van der Waals surface area contributed by atoms with Crippen LogP contribution >= 0.6 is 0 Å². The number of anilines is 1. The van der Waals surface area contributed by atoms with Gasteiger partial charge in [0.25, 0.3) is 0 Å². The van der Waals surface area contributed by atoms with Gasteiger partial charge in [0.15, 0.2) is 0 Å². The van der Waals surface area contributed by atoms with E-state index in [1.807, 2.05) is 0 Å². The summed E-state index contributed by atoms with van der Waals surface area (Å²) in [4.78, 5) is 8.29. The quantitative estimate of drug-likeness (QED) is 0.660. The number of nitrogens with zero attached hydrogens (tertiary/aromatic N) is 2. The van der Waals surface area contributed by atoms with Crippen molar-refractivity contribution in [2.75, 3.05) is 18.9 Å². The highest BCUT2D eigenvalue weighted by Crippen LogP contribution is 2.21. The van der Waals surface area contributed by atoms with E-state index in [1.165, 1.54) is 0 Å². The average molecular weight is 165 g/mol. The van der Waals surface area contributed by atoms with Crippen LogP contribution in [0.15, 0.2) is 12.3 Å². The van der Waals surface area contributed by atoms with E-state index < -0.39 is 0 Å². The van der Waals surface area contributed by atoms with Gasteiger partial charge >= 0.3 is 0 Å². The molecule has 2 heterocycles. The fourth-order valence-electron chi connectivity index (χ4n) is 1.32. The molecule has 2 rings (SSSR count). The Balaban J connectivity index is 2.21. The summed E-state index contributed by atoms with van der Waals surface area (Å²) in [6.07, 6.45) is 2.69. The molecule has 0 aliphatic carbocycles. The van der Waals surface area contributed by atoms with Crippen molar-refractivity contribution in [2.24, 2.45) is 0 Å². The normalized spacial score (nSPS) is 22.8. The first-order valence-electron chi connectivity index (χ1n) is 4.02. The molecule has 0 unspecified atom stereocenters. The minimum Gasteiger partial charge on any atom is -0.384 e. The molecule has 1 saturated heterocycles. The molecule has 0 aromatic carbocycles. The standard InChI is InChI=1S/C8H11N3O/c9-7-1-3-10-8(11-7)6-2-4-12-5-6/h1,3,6H,2,4-5H2,(H2,9,10,11)/t6-/m0/s1. The van der Waals surface area contributed by atoms with Crippen molar-refractivity contribution in [2.45, 2.75) is 12.3 Å². The molecular weight excluding hydrogens is 154 g/mol. The van der Waals surface area contributed by atoms with Crippen LogP contribution in [0.1, 0.15) is 18.2 Å². The predicted octanol–water partition coefficient (Wildman–Crippen LogP) is 0.563. The van der Waals surface area contributed by atoms with Crippen molar-refractivity contribution < 1.29 is 4.74 Å². The Morgan fingerprint density at radius 1 is 1.58 bits per heavy atom. The maximum absolute atomic E-state index is 5.53. The van der Waals surface area contributed by atoms with E-state index >= 15 is 0 Å². The smallest absolute Gasteiger partial charge is 0.136 e. The highest BCUT2D eigenvalue weighted by atomic mass is 16.5. The lowest BCUT2D eigenvalue weighted by Crippen LogP contribution is -2.05. The van der Waals surface area contributed by atoms with Crippen LogP contribution in [-0.4, -0.2) is 23.2 Å². The minimum absolute atomic E-state index is 0.341. The van der Waals surface area contributed by atoms with E-state index in [0.717, 1.165) is 25.5 Å². The maximum Gasteiger partial charge on any atom is 0.136 e. The summed E-state index contributed by atoms with van der Waals surface area (Å²) in [5.74, 6) is 1.69. The molecule has 1 aromatic rings. The lowest BCUT2D eigenvalue weighted by Gasteiger charge is -2.04. The first kappa shape index (κ1) is 7.49. The second kappa shape index (κ2) is 3.06. The predicted molar refractivity (Wildman–Crippen MR) is 44.6 cm³/mol. The zero-order valence-electron chi connectivity index (χ0n) is 6.73. The molecule has 1 aliphatic rings. The molecule has 1 aromatic heterocycles. The molecule has 1 aliphatic heterocycles. The Bertz CT molecular complexity index is 271. The number of hydrogen-bond acceptors (Lipinski definition) is 4. The van der Waals surface area contributed by atoms with Crippen LogP contribution in [0.3, 0.4) is 0 Å². The van der Waals surface area contributed by atoms with Crippen LogP contribution in [0.25, 0.3) is 0 Å². The molecule has 0 bridgehead atoms. The van der Waals surface area contributed by atoms with Gasteiger partial charge in [-0.25, -0.2) is 9.97 Å². The Morgan fingerprint density at radius 2 is 2.50 bits per heavy atom. The van der Waals surface area contributed by atoms with E-state index in [-0.39, 0.29) is 0 Å². The molecule has 4 heteroatoms. The largest absolute Gasteiger partial charge is 0.384 e. The van der Waals surface area contributed by atoms with Gasteiger partial charge in [-0.05, 0) is 12.5 Å². The van der Waals surface area contributed by atoms with Gasteiger partial charge in [0.1, 0.15) is 11.6 Å². The first-order chi connectivity index (χ1) is 5.86. The molecule has 0 radical (unpaired) electrons. The van der Waals surface area contributed by atoms with Gasteiger partial charge < -0.3 is 10.5 Å². The fourth-order valence-corrected chi connectivity index (χ4v) is 1.32. The third kappa shape index (κ3) is 1.38. The van der Waals surface area contributed by atoms with Gasteiger partial charge in [0, 0.05) is 18.7 Å². The summed E-state index contributed by atoms with van der Waals surface area (Å²) in [6.45, 7) is 1.53.